The summed E-state index contributed by atoms with van der Waals surface area (Å²) >= 11 is 13.4. The van der Waals surface area contributed by atoms with Crippen molar-refractivity contribution in [1.82, 2.24) is 14.8 Å². The van der Waals surface area contributed by atoms with Crippen molar-refractivity contribution in [2.75, 3.05) is 0 Å². The Labute approximate surface area is 108 Å². The number of rotatable bonds is 1. The fourth-order valence-corrected chi connectivity index (χ4v) is 2.86. The molecule has 0 aliphatic carbocycles. The molecule has 0 fully saturated rings. The van der Waals surface area contributed by atoms with Gasteiger partial charge in [0.15, 0.2) is 5.82 Å². The average Bonchev–Trinajstić information content (AvgIpc) is 2.69. The van der Waals surface area contributed by atoms with E-state index >= 15 is 0 Å². The molecule has 0 radical (unpaired) electrons. The summed E-state index contributed by atoms with van der Waals surface area (Å²) in [6.45, 7) is 6.26. The first-order chi connectivity index (χ1) is 7.39. The van der Waals surface area contributed by atoms with Crippen molar-refractivity contribution in [2.24, 2.45) is 0 Å². The summed E-state index contributed by atoms with van der Waals surface area (Å²) in [6.07, 6.45) is 1.71. The highest BCUT2D eigenvalue weighted by Gasteiger charge is 2.21. The molecule has 0 saturated heterocycles. The van der Waals surface area contributed by atoms with Crippen LogP contribution in [0.3, 0.4) is 0 Å². The van der Waals surface area contributed by atoms with Gasteiger partial charge in [0, 0.05) is 5.54 Å². The van der Waals surface area contributed by atoms with E-state index in [4.69, 9.17) is 23.2 Å². The lowest BCUT2D eigenvalue weighted by molar-refractivity contribution is 0.400. The predicted molar refractivity (Wildman–Crippen MR) is 68.4 cm³/mol. The van der Waals surface area contributed by atoms with Gasteiger partial charge in [0.2, 0.25) is 0 Å². The van der Waals surface area contributed by atoms with E-state index in [0.29, 0.717) is 8.67 Å². The minimum atomic E-state index is -0.0867. The zero-order chi connectivity index (χ0) is 11.9. The van der Waals surface area contributed by atoms with Crippen LogP contribution in [0.1, 0.15) is 20.8 Å². The van der Waals surface area contributed by atoms with E-state index < -0.39 is 0 Å². The highest BCUT2D eigenvalue weighted by atomic mass is 35.5. The predicted octanol–water partition coefficient (Wildman–Crippen LogP) is 4.07. The van der Waals surface area contributed by atoms with Gasteiger partial charge in [0.1, 0.15) is 10.7 Å². The second kappa shape index (κ2) is 4.02. The van der Waals surface area contributed by atoms with Crippen molar-refractivity contribution in [2.45, 2.75) is 26.3 Å². The molecule has 2 heterocycles. The number of thiophene rings is 1. The van der Waals surface area contributed by atoms with Gasteiger partial charge in [-0.3, -0.25) is 0 Å². The molecule has 0 N–H and O–H groups in total. The summed E-state index contributed by atoms with van der Waals surface area (Å²) in [5.74, 6) is 0.751. The Morgan fingerprint density at radius 1 is 1.31 bits per heavy atom. The van der Waals surface area contributed by atoms with E-state index in [1.165, 1.54) is 11.3 Å². The Morgan fingerprint density at radius 2 is 2.00 bits per heavy atom. The molecule has 0 aromatic carbocycles. The van der Waals surface area contributed by atoms with Crippen LogP contribution in [0.5, 0.6) is 0 Å². The topological polar surface area (TPSA) is 30.7 Å². The molecule has 0 aliphatic rings. The molecule has 16 heavy (non-hydrogen) atoms. The van der Waals surface area contributed by atoms with Gasteiger partial charge in [-0.25, -0.2) is 0 Å². The first kappa shape index (κ1) is 11.9. The molecule has 0 amide bonds. The molecule has 2 rings (SSSR count). The standard InChI is InChI=1S/C10H11Cl2N3S/c1-10(2,3)15-5-13-14-9(15)6-4-7(11)16-8(6)12/h4-5H,1-3H3. The molecule has 2 aromatic rings. The van der Waals surface area contributed by atoms with Gasteiger partial charge in [-0.15, -0.1) is 21.5 Å². The number of nitrogens with zero attached hydrogens (tertiary/aromatic N) is 3. The first-order valence-electron chi connectivity index (χ1n) is 4.75. The van der Waals surface area contributed by atoms with Gasteiger partial charge in [0.05, 0.1) is 9.90 Å². The number of hydrogen-bond donors (Lipinski definition) is 0. The maximum atomic E-state index is 6.11. The van der Waals surface area contributed by atoms with Crippen LogP contribution < -0.4 is 0 Å². The summed E-state index contributed by atoms with van der Waals surface area (Å²) < 4.78 is 3.28. The maximum Gasteiger partial charge on any atom is 0.166 e. The lowest BCUT2D eigenvalue weighted by Gasteiger charge is -2.22. The van der Waals surface area contributed by atoms with Gasteiger partial charge in [-0.2, -0.15) is 0 Å². The van der Waals surface area contributed by atoms with Gasteiger partial charge in [-0.05, 0) is 26.8 Å². The van der Waals surface area contributed by atoms with Crippen LogP contribution >= 0.6 is 34.5 Å². The van der Waals surface area contributed by atoms with Crippen molar-refractivity contribution < 1.29 is 0 Å². The monoisotopic (exact) mass is 275 g/mol. The largest absolute Gasteiger partial charge is 0.308 e. The fourth-order valence-electron chi connectivity index (χ4n) is 1.40. The van der Waals surface area contributed by atoms with Crippen LogP contribution in [0, 0.1) is 0 Å². The van der Waals surface area contributed by atoms with Crippen LogP contribution in [-0.4, -0.2) is 14.8 Å². The molecule has 0 aliphatic heterocycles. The summed E-state index contributed by atoms with van der Waals surface area (Å²) in [6, 6.07) is 1.82. The van der Waals surface area contributed by atoms with Crippen molar-refractivity contribution in [3.05, 3.63) is 21.1 Å². The third kappa shape index (κ3) is 2.10. The van der Waals surface area contributed by atoms with Crippen molar-refractivity contribution >= 4 is 34.5 Å². The quantitative estimate of drug-likeness (QED) is 0.786. The summed E-state index contributed by atoms with van der Waals surface area (Å²) in [5, 5.41) is 8.03. The van der Waals surface area contributed by atoms with Crippen LogP contribution in [0.25, 0.3) is 11.4 Å². The molecule has 0 bridgehead atoms. The Hall–Kier alpha value is -0.580. The van der Waals surface area contributed by atoms with E-state index in [-0.39, 0.29) is 5.54 Å². The Bertz CT molecular complexity index is 510. The van der Waals surface area contributed by atoms with Gasteiger partial charge < -0.3 is 4.57 Å². The van der Waals surface area contributed by atoms with Crippen molar-refractivity contribution in [3.8, 4) is 11.4 Å². The molecular weight excluding hydrogens is 265 g/mol. The second-order valence-corrected chi connectivity index (χ2v) is 6.72. The number of hydrogen-bond acceptors (Lipinski definition) is 3. The van der Waals surface area contributed by atoms with Crippen LogP contribution in [-0.2, 0) is 5.54 Å². The minimum absolute atomic E-state index is 0.0867. The summed E-state index contributed by atoms with van der Waals surface area (Å²) in [7, 11) is 0. The molecule has 86 valence electrons. The minimum Gasteiger partial charge on any atom is -0.308 e. The molecular formula is C10H11Cl2N3S. The first-order valence-corrected chi connectivity index (χ1v) is 6.32. The SMILES string of the molecule is CC(C)(C)n1cnnc1-c1cc(Cl)sc1Cl. The third-order valence-electron chi connectivity index (χ3n) is 2.17. The lowest BCUT2D eigenvalue weighted by atomic mass is 10.1. The van der Waals surface area contributed by atoms with Gasteiger partial charge in [0.25, 0.3) is 0 Å². The van der Waals surface area contributed by atoms with E-state index in [1.54, 1.807) is 6.33 Å². The third-order valence-corrected chi connectivity index (χ3v) is 3.66. The molecule has 0 atom stereocenters. The van der Waals surface area contributed by atoms with Crippen molar-refractivity contribution in [1.29, 1.82) is 0 Å². The zero-order valence-electron chi connectivity index (χ0n) is 9.16. The molecule has 3 nitrogen and oxygen atoms in total. The van der Waals surface area contributed by atoms with Gasteiger partial charge in [-0.1, -0.05) is 23.2 Å². The number of aromatic nitrogens is 3. The molecule has 0 unspecified atom stereocenters. The smallest absolute Gasteiger partial charge is 0.166 e. The van der Waals surface area contributed by atoms with E-state index in [0.717, 1.165) is 11.4 Å². The summed E-state index contributed by atoms with van der Waals surface area (Å²) in [4.78, 5) is 0. The van der Waals surface area contributed by atoms with Gasteiger partial charge >= 0.3 is 0 Å². The van der Waals surface area contributed by atoms with Crippen LogP contribution in [0.4, 0.5) is 0 Å². The average molecular weight is 276 g/mol. The summed E-state index contributed by atoms with van der Waals surface area (Å²) in [5.41, 5.74) is 0.750. The van der Waals surface area contributed by atoms with Crippen LogP contribution in [0.2, 0.25) is 8.67 Å². The lowest BCUT2D eigenvalue weighted by Crippen LogP contribution is -2.21. The fraction of sp³-hybridized carbons (Fsp3) is 0.400. The Kier molecular flexibility index (Phi) is 2.99. The molecule has 0 saturated carbocycles. The highest BCUT2D eigenvalue weighted by molar-refractivity contribution is 7.20. The molecule has 6 heteroatoms. The van der Waals surface area contributed by atoms with Crippen LogP contribution in [0.15, 0.2) is 12.4 Å². The normalized spacial score (nSPS) is 12.1. The highest BCUT2D eigenvalue weighted by Crippen LogP contribution is 2.38. The maximum absolute atomic E-state index is 6.11. The van der Waals surface area contributed by atoms with E-state index in [2.05, 4.69) is 31.0 Å². The van der Waals surface area contributed by atoms with E-state index in [9.17, 15) is 0 Å². The van der Waals surface area contributed by atoms with Crippen molar-refractivity contribution in [3.63, 3.8) is 0 Å². The molecule has 0 spiro atoms. The second-order valence-electron chi connectivity index (χ2n) is 4.43. The van der Waals surface area contributed by atoms with E-state index in [1.807, 2.05) is 10.6 Å². The zero-order valence-corrected chi connectivity index (χ0v) is 11.5. The number of halogens is 2. The Morgan fingerprint density at radius 3 is 2.50 bits per heavy atom. The Balaban J connectivity index is 2.57. The molecule has 2 aromatic heterocycles.